The summed E-state index contributed by atoms with van der Waals surface area (Å²) in [4.78, 5) is 14.8. The third-order valence-electron chi connectivity index (χ3n) is 5.06. The number of ether oxygens (including phenoxy) is 2. The maximum Gasteiger partial charge on any atom is 0.338 e. The maximum absolute atomic E-state index is 12.2. The van der Waals surface area contributed by atoms with Crippen LogP contribution in [0.25, 0.3) is 0 Å². The van der Waals surface area contributed by atoms with Gasteiger partial charge in [0.05, 0.1) is 18.8 Å². The Bertz CT molecular complexity index is 512. The van der Waals surface area contributed by atoms with E-state index in [0.29, 0.717) is 30.7 Å². The minimum atomic E-state index is -0.221. The predicted octanol–water partition coefficient (Wildman–Crippen LogP) is 3.51. The number of esters is 1. The lowest BCUT2D eigenvalue weighted by atomic mass is 9.84. The van der Waals surface area contributed by atoms with Gasteiger partial charge in [0.15, 0.2) is 0 Å². The highest BCUT2D eigenvalue weighted by atomic mass is 16.5. The molecule has 2 heterocycles. The van der Waals surface area contributed by atoms with Gasteiger partial charge in [0.2, 0.25) is 0 Å². The van der Waals surface area contributed by atoms with Crippen molar-refractivity contribution in [1.29, 1.82) is 0 Å². The minimum Gasteiger partial charge on any atom is -0.494 e. The van der Waals surface area contributed by atoms with Crippen molar-refractivity contribution in [2.75, 3.05) is 26.3 Å². The quantitative estimate of drug-likeness (QED) is 0.779. The summed E-state index contributed by atoms with van der Waals surface area (Å²) in [6.45, 7) is 5.56. The molecule has 1 aromatic rings. The van der Waals surface area contributed by atoms with E-state index in [1.165, 1.54) is 45.2 Å². The van der Waals surface area contributed by atoms with Gasteiger partial charge in [-0.25, -0.2) is 4.79 Å². The molecule has 4 heteroatoms. The van der Waals surface area contributed by atoms with E-state index in [1.54, 1.807) is 12.1 Å². The minimum absolute atomic E-state index is 0.221. The number of carbonyl (C=O) groups is 1. The van der Waals surface area contributed by atoms with Crippen LogP contribution in [-0.2, 0) is 4.74 Å². The zero-order valence-corrected chi connectivity index (χ0v) is 14.0. The third-order valence-corrected chi connectivity index (χ3v) is 5.06. The van der Waals surface area contributed by atoms with Gasteiger partial charge >= 0.3 is 5.97 Å². The van der Waals surface area contributed by atoms with Gasteiger partial charge < -0.3 is 9.47 Å². The second-order valence-corrected chi connectivity index (χ2v) is 6.56. The molecule has 2 atom stereocenters. The molecule has 0 bridgehead atoms. The van der Waals surface area contributed by atoms with Crippen molar-refractivity contribution in [2.24, 2.45) is 5.92 Å². The highest BCUT2D eigenvalue weighted by molar-refractivity contribution is 5.89. The molecule has 0 N–H and O–H groups in total. The van der Waals surface area contributed by atoms with E-state index in [4.69, 9.17) is 9.47 Å². The summed E-state index contributed by atoms with van der Waals surface area (Å²) in [7, 11) is 0. The van der Waals surface area contributed by atoms with Gasteiger partial charge in [-0.1, -0.05) is 6.42 Å². The predicted molar refractivity (Wildman–Crippen MR) is 89.8 cm³/mol. The Kier molecular flexibility index (Phi) is 5.55. The summed E-state index contributed by atoms with van der Waals surface area (Å²) in [5.74, 6) is 1.06. The van der Waals surface area contributed by atoms with Gasteiger partial charge in [-0.05, 0) is 70.0 Å². The molecule has 2 aliphatic heterocycles. The molecule has 126 valence electrons. The highest BCUT2D eigenvalue weighted by Gasteiger charge is 2.33. The second kappa shape index (κ2) is 7.82. The molecule has 0 aromatic heterocycles. The smallest absolute Gasteiger partial charge is 0.338 e. The van der Waals surface area contributed by atoms with E-state index in [1.807, 2.05) is 19.1 Å². The molecule has 2 saturated heterocycles. The largest absolute Gasteiger partial charge is 0.494 e. The number of piperidine rings is 2. The Morgan fingerprint density at radius 3 is 2.70 bits per heavy atom. The van der Waals surface area contributed by atoms with Crippen molar-refractivity contribution in [2.45, 2.75) is 45.1 Å². The van der Waals surface area contributed by atoms with Crippen molar-refractivity contribution in [3.8, 4) is 5.75 Å². The zero-order chi connectivity index (χ0) is 16.1. The Morgan fingerprint density at radius 2 is 1.91 bits per heavy atom. The Morgan fingerprint density at radius 1 is 1.13 bits per heavy atom. The molecule has 0 aliphatic carbocycles. The summed E-state index contributed by atoms with van der Waals surface area (Å²) >= 11 is 0. The normalized spacial score (nSPS) is 24.7. The Balaban J connectivity index is 1.53. The molecule has 0 unspecified atom stereocenters. The van der Waals surface area contributed by atoms with Crippen molar-refractivity contribution in [3.05, 3.63) is 29.8 Å². The number of benzene rings is 1. The highest BCUT2D eigenvalue weighted by Crippen LogP contribution is 2.31. The van der Waals surface area contributed by atoms with Crippen LogP contribution in [-0.4, -0.2) is 43.2 Å². The van der Waals surface area contributed by atoms with Crippen LogP contribution in [0, 0.1) is 5.92 Å². The van der Waals surface area contributed by atoms with Gasteiger partial charge in [-0.3, -0.25) is 4.90 Å². The summed E-state index contributed by atoms with van der Waals surface area (Å²) < 4.78 is 11.0. The molecule has 0 radical (unpaired) electrons. The van der Waals surface area contributed by atoms with Gasteiger partial charge in [0.1, 0.15) is 5.75 Å². The molecule has 0 spiro atoms. The van der Waals surface area contributed by atoms with Crippen LogP contribution in [0.4, 0.5) is 0 Å². The standard InChI is InChI=1S/C19H27NO3/c1-2-22-17-10-8-15(9-11-17)19(21)23-14-16-6-5-13-20-12-4-3-7-18(16)20/h8-11,16,18H,2-7,12-14H2,1H3/t16-,18+/m1/s1. The first kappa shape index (κ1) is 16.3. The average molecular weight is 317 g/mol. The van der Waals surface area contributed by atoms with Gasteiger partial charge in [-0.2, -0.15) is 0 Å². The number of hydrogen-bond donors (Lipinski definition) is 0. The molecule has 0 saturated carbocycles. The van der Waals surface area contributed by atoms with Crippen molar-refractivity contribution >= 4 is 5.97 Å². The Labute approximate surface area is 138 Å². The first-order valence-electron chi connectivity index (χ1n) is 8.92. The zero-order valence-electron chi connectivity index (χ0n) is 14.0. The lowest BCUT2D eigenvalue weighted by molar-refractivity contribution is 0.00739. The summed E-state index contributed by atoms with van der Waals surface area (Å²) in [6, 6.07) is 7.82. The lowest BCUT2D eigenvalue weighted by Crippen LogP contribution is -2.49. The average Bonchev–Trinajstić information content (AvgIpc) is 2.60. The number of hydrogen-bond acceptors (Lipinski definition) is 4. The second-order valence-electron chi connectivity index (χ2n) is 6.56. The molecule has 2 fully saturated rings. The number of fused-ring (bicyclic) bond motifs is 1. The van der Waals surface area contributed by atoms with E-state index in [-0.39, 0.29) is 5.97 Å². The topological polar surface area (TPSA) is 38.8 Å². The molecule has 0 amide bonds. The van der Waals surface area contributed by atoms with Crippen LogP contribution in [0.15, 0.2) is 24.3 Å². The van der Waals surface area contributed by atoms with E-state index in [0.717, 1.165) is 5.75 Å². The first-order chi connectivity index (χ1) is 11.3. The lowest BCUT2D eigenvalue weighted by Gasteiger charge is -2.44. The Hall–Kier alpha value is -1.55. The third kappa shape index (κ3) is 4.05. The summed E-state index contributed by atoms with van der Waals surface area (Å²) in [5, 5.41) is 0. The maximum atomic E-state index is 12.2. The number of nitrogens with zero attached hydrogens (tertiary/aromatic N) is 1. The molecular formula is C19H27NO3. The molecule has 23 heavy (non-hydrogen) atoms. The first-order valence-corrected chi connectivity index (χ1v) is 8.92. The molecular weight excluding hydrogens is 290 g/mol. The molecule has 1 aromatic carbocycles. The monoisotopic (exact) mass is 317 g/mol. The van der Waals surface area contributed by atoms with Crippen LogP contribution >= 0.6 is 0 Å². The fourth-order valence-electron chi connectivity index (χ4n) is 3.89. The van der Waals surface area contributed by atoms with Gasteiger partial charge in [0.25, 0.3) is 0 Å². The number of rotatable bonds is 5. The van der Waals surface area contributed by atoms with Crippen LogP contribution in [0.3, 0.4) is 0 Å². The van der Waals surface area contributed by atoms with Crippen LogP contribution < -0.4 is 4.74 Å². The van der Waals surface area contributed by atoms with E-state index >= 15 is 0 Å². The fourth-order valence-corrected chi connectivity index (χ4v) is 3.89. The van der Waals surface area contributed by atoms with Gasteiger partial charge in [-0.15, -0.1) is 0 Å². The fraction of sp³-hybridized carbons (Fsp3) is 0.632. The van der Waals surface area contributed by atoms with E-state index in [2.05, 4.69) is 4.90 Å². The van der Waals surface area contributed by atoms with E-state index < -0.39 is 0 Å². The van der Waals surface area contributed by atoms with Crippen molar-refractivity contribution < 1.29 is 14.3 Å². The summed E-state index contributed by atoms with van der Waals surface area (Å²) in [6.07, 6.45) is 6.28. The SMILES string of the molecule is CCOc1ccc(C(=O)OC[C@H]2CCCN3CCCC[C@@H]23)cc1. The molecule has 2 aliphatic rings. The molecule has 3 rings (SSSR count). The van der Waals surface area contributed by atoms with E-state index in [9.17, 15) is 4.79 Å². The van der Waals surface area contributed by atoms with Crippen LogP contribution in [0.1, 0.15) is 49.4 Å². The van der Waals surface area contributed by atoms with Gasteiger partial charge in [0, 0.05) is 12.0 Å². The number of carbonyl (C=O) groups excluding carboxylic acids is 1. The molecule has 4 nitrogen and oxygen atoms in total. The summed E-state index contributed by atoms with van der Waals surface area (Å²) in [5.41, 5.74) is 0.602. The van der Waals surface area contributed by atoms with Crippen LogP contribution in [0.5, 0.6) is 5.75 Å². The van der Waals surface area contributed by atoms with Crippen molar-refractivity contribution in [3.63, 3.8) is 0 Å². The van der Waals surface area contributed by atoms with Crippen LogP contribution in [0.2, 0.25) is 0 Å². The van der Waals surface area contributed by atoms with Crippen molar-refractivity contribution in [1.82, 2.24) is 4.90 Å².